The van der Waals surface area contributed by atoms with Gasteiger partial charge in [0, 0.05) is 22.1 Å². The van der Waals surface area contributed by atoms with E-state index >= 15 is 0 Å². The molecule has 1 heterocycles. The smallest absolute Gasteiger partial charge is 0.328 e. The van der Waals surface area contributed by atoms with Crippen LogP contribution in [0.3, 0.4) is 0 Å². The summed E-state index contributed by atoms with van der Waals surface area (Å²) in [7, 11) is 3.10. The molecule has 1 aromatic heterocycles. The normalized spacial score (nSPS) is 10.6. The molecule has 0 saturated heterocycles. The lowest BCUT2D eigenvalue weighted by atomic mass is 10.1. The summed E-state index contributed by atoms with van der Waals surface area (Å²) in [6.07, 6.45) is 0.476. The lowest BCUT2D eigenvalue weighted by Crippen LogP contribution is -2.40. The Hall–Kier alpha value is -4.31. The fraction of sp³-hybridized carbons (Fsp3) is 0.179. The molecule has 0 atom stereocenters. The molecule has 4 rings (SSSR count). The SMILES string of the molecule is COc1ccc(CCNC(=O)C(=O)Nn2c(C(=O)Nc3cccc(C)c3)cc3cc(Br)ccc32)cc1OC. The summed E-state index contributed by atoms with van der Waals surface area (Å²) in [5.41, 5.74) is 5.81. The third-order valence-electron chi connectivity index (χ3n) is 5.84. The van der Waals surface area contributed by atoms with Crippen molar-refractivity contribution in [2.24, 2.45) is 0 Å². The zero-order valence-electron chi connectivity index (χ0n) is 21.1. The monoisotopic (exact) mass is 578 g/mol. The topological polar surface area (TPSA) is 111 Å². The number of carbonyl (C=O) groups excluding carboxylic acids is 3. The molecule has 3 amide bonds. The Morgan fingerprint density at radius 3 is 2.42 bits per heavy atom. The standard InChI is InChI=1S/C28H27BrN4O5/c1-17-5-4-6-21(13-17)31-26(34)23-16-19-15-20(29)8-9-22(19)33(23)32-28(36)27(35)30-12-11-18-7-10-24(37-2)25(14-18)38-3/h4-10,13-16H,11-12H2,1-3H3,(H,30,35)(H,31,34)(H,32,36). The van der Waals surface area contributed by atoms with Crippen LogP contribution < -0.4 is 25.5 Å². The highest BCUT2D eigenvalue weighted by Gasteiger charge is 2.21. The van der Waals surface area contributed by atoms with Crippen molar-refractivity contribution in [3.05, 3.63) is 88.0 Å². The van der Waals surface area contributed by atoms with Crippen molar-refractivity contribution < 1.29 is 23.9 Å². The zero-order chi connectivity index (χ0) is 27.2. The van der Waals surface area contributed by atoms with E-state index < -0.39 is 17.7 Å². The summed E-state index contributed by atoms with van der Waals surface area (Å²) in [6, 6.07) is 19.8. The first-order valence-electron chi connectivity index (χ1n) is 11.8. The first kappa shape index (κ1) is 26.7. The minimum atomic E-state index is -0.901. The molecule has 38 heavy (non-hydrogen) atoms. The number of fused-ring (bicyclic) bond motifs is 1. The number of rotatable bonds is 8. The molecule has 0 aliphatic heterocycles. The van der Waals surface area contributed by atoms with Crippen LogP contribution in [0.25, 0.3) is 10.9 Å². The second kappa shape index (κ2) is 11.8. The molecule has 0 unspecified atom stereocenters. The lowest BCUT2D eigenvalue weighted by Gasteiger charge is -2.13. The van der Waals surface area contributed by atoms with E-state index in [9.17, 15) is 14.4 Å². The van der Waals surface area contributed by atoms with Gasteiger partial charge in [-0.2, -0.15) is 0 Å². The minimum absolute atomic E-state index is 0.172. The Bertz CT molecular complexity index is 1510. The van der Waals surface area contributed by atoms with Crippen molar-refractivity contribution in [3.8, 4) is 11.5 Å². The van der Waals surface area contributed by atoms with E-state index in [4.69, 9.17) is 9.47 Å². The number of hydrogen-bond acceptors (Lipinski definition) is 5. The lowest BCUT2D eigenvalue weighted by molar-refractivity contribution is -0.136. The molecular weight excluding hydrogens is 552 g/mol. The Balaban J connectivity index is 1.47. The fourth-order valence-corrected chi connectivity index (χ4v) is 4.36. The number of benzene rings is 3. The van der Waals surface area contributed by atoms with E-state index in [0.717, 1.165) is 15.6 Å². The van der Waals surface area contributed by atoms with E-state index in [1.54, 1.807) is 44.6 Å². The molecule has 0 bridgehead atoms. The van der Waals surface area contributed by atoms with Gasteiger partial charge in [0.05, 0.1) is 19.7 Å². The Kier molecular flexibility index (Phi) is 8.32. The molecule has 10 heteroatoms. The molecule has 3 aromatic carbocycles. The van der Waals surface area contributed by atoms with Gasteiger partial charge >= 0.3 is 11.8 Å². The number of halogens is 1. The number of amides is 3. The highest BCUT2D eigenvalue weighted by Crippen LogP contribution is 2.27. The highest BCUT2D eigenvalue weighted by molar-refractivity contribution is 9.10. The highest BCUT2D eigenvalue weighted by atomic mass is 79.9. The summed E-state index contributed by atoms with van der Waals surface area (Å²) >= 11 is 3.43. The Labute approximate surface area is 228 Å². The molecule has 196 valence electrons. The average molecular weight is 579 g/mol. The number of hydrogen-bond donors (Lipinski definition) is 3. The number of nitrogens with one attached hydrogen (secondary N) is 3. The predicted molar refractivity (Wildman–Crippen MR) is 149 cm³/mol. The van der Waals surface area contributed by atoms with Crippen LogP contribution in [0.5, 0.6) is 11.5 Å². The third-order valence-corrected chi connectivity index (χ3v) is 6.33. The summed E-state index contributed by atoms with van der Waals surface area (Å²) in [5.74, 6) is -0.974. The van der Waals surface area contributed by atoms with Gasteiger partial charge in [0.15, 0.2) is 11.5 Å². The average Bonchev–Trinajstić information content (AvgIpc) is 3.25. The van der Waals surface area contributed by atoms with Gasteiger partial charge in [0.25, 0.3) is 5.91 Å². The number of nitrogens with zero attached hydrogens (tertiary/aromatic N) is 1. The predicted octanol–water partition coefficient (Wildman–Crippen LogP) is 4.41. The van der Waals surface area contributed by atoms with Gasteiger partial charge < -0.3 is 20.1 Å². The van der Waals surface area contributed by atoms with Crippen LogP contribution in [0, 0.1) is 6.92 Å². The number of anilines is 1. The molecular formula is C28H27BrN4O5. The second-order valence-electron chi connectivity index (χ2n) is 8.53. The molecule has 0 saturated carbocycles. The molecule has 9 nitrogen and oxygen atoms in total. The summed E-state index contributed by atoms with van der Waals surface area (Å²) < 4.78 is 12.7. The Morgan fingerprint density at radius 1 is 0.895 bits per heavy atom. The van der Waals surface area contributed by atoms with Crippen LogP contribution in [0.15, 0.2) is 71.2 Å². The van der Waals surface area contributed by atoms with Crippen LogP contribution in [-0.2, 0) is 16.0 Å². The number of methoxy groups -OCH3 is 2. The molecule has 0 fully saturated rings. The third kappa shape index (κ3) is 6.15. The van der Waals surface area contributed by atoms with Gasteiger partial charge in [-0.15, -0.1) is 0 Å². The van der Waals surface area contributed by atoms with Crippen LogP contribution >= 0.6 is 15.9 Å². The maximum atomic E-state index is 13.2. The van der Waals surface area contributed by atoms with Gasteiger partial charge in [-0.05, 0) is 73.0 Å². The number of carbonyl (C=O) groups is 3. The van der Waals surface area contributed by atoms with Crippen LogP contribution in [-0.4, -0.2) is 43.2 Å². The zero-order valence-corrected chi connectivity index (χ0v) is 22.7. The van der Waals surface area contributed by atoms with Crippen molar-refractivity contribution in [1.82, 2.24) is 9.99 Å². The van der Waals surface area contributed by atoms with Crippen LogP contribution in [0.1, 0.15) is 21.6 Å². The van der Waals surface area contributed by atoms with Gasteiger partial charge in [-0.3, -0.25) is 19.8 Å². The molecule has 0 spiro atoms. The maximum absolute atomic E-state index is 13.2. The van der Waals surface area contributed by atoms with E-state index in [0.29, 0.717) is 34.5 Å². The van der Waals surface area contributed by atoms with E-state index in [-0.39, 0.29) is 12.2 Å². The molecule has 0 aliphatic rings. The van der Waals surface area contributed by atoms with E-state index in [1.165, 1.54) is 4.68 Å². The fourth-order valence-electron chi connectivity index (χ4n) is 3.98. The maximum Gasteiger partial charge on any atom is 0.328 e. The molecule has 0 radical (unpaired) electrons. The van der Waals surface area contributed by atoms with Gasteiger partial charge in [-0.1, -0.05) is 34.1 Å². The minimum Gasteiger partial charge on any atom is -0.493 e. The van der Waals surface area contributed by atoms with Gasteiger partial charge in [-0.25, -0.2) is 4.68 Å². The van der Waals surface area contributed by atoms with Crippen molar-refractivity contribution in [3.63, 3.8) is 0 Å². The number of aromatic nitrogens is 1. The summed E-state index contributed by atoms with van der Waals surface area (Å²) in [5, 5.41) is 6.17. The molecule has 0 aliphatic carbocycles. The van der Waals surface area contributed by atoms with Crippen LogP contribution in [0.4, 0.5) is 5.69 Å². The largest absolute Gasteiger partial charge is 0.493 e. The number of ether oxygens (including phenoxy) is 2. The first-order chi connectivity index (χ1) is 18.3. The number of aryl methyl sites for hydroxylation is 1. The van der Waals surface area contributed by atoms with Gasteiger partial charge in [0.1, 0.15) is 5.69 Å². The summed E-state index contributed by atoms with van der Waals surface area (Å²) in [6.45, 7) is 2.15. The van der Waals surface area contributed by atoms with Gasteiger partial charge in [0.2, 0.25) is 0 Å². The first-order valence-corrected chi connectivity index (χ1v) is 12.6. The van der Waals surface area contributed by atoms with Crippen molar-refractivity contribution in [2.75, 3.05) is 31.5 Å². The van der Waals surface area contributed by atoms with Crippen LogP contribution in [0.2, 0.25) is 0 Å². The van der Waals surface area contributed by atoms with Crippen molar-refractivity contribution >= 4 is 50.2 Å². The Morgan fingerprint density at radius 2 is 1.68 bits per heavy atom. The molecule has 3 N–H and O–H groups in total. The van der Waals surface area contributed by atoms with E-state index in [1.807, 2.05) is 43.3 Å². The summed E-state index contributed by atoms with van der Waals surface area (Å²) in [4.78, 5) is 38.6. The van der Waals surface area contributed by atoms with Crippen molar-refractivity contribution in [2.45, 2.75) is 13.3 Å². The van der Waals surface area contributed by atoms with Crippen molar-refractivity contribution in [1.29, 1.82) is 0 Å². The second-order valence-corrected chi connectivity index (χ2v) is 9.44. The van der Waals surface area contributed by atoms with E-state index in [2.05, 4.69) is 32.0 Å². The quantitative estimate of drug-likeness (QED) is 0.268. The molecule has 4 aromatic rings.